The number of benzene rings is 1. The average molecular weight is 286 g/mol. The molecule has 0 unspecified atom stereocenters. The van der Waals surface area contributed by atoms with Crippen LogP contribution >= 0.6 is 15.9 Å². The molecule has 0 bridgehead atoms. The van der Waals surface area contributed by atoms with Crippen LogP contribution in [0.4, 0.5) is 0 Å². The smallest absolute Gasteiger partial charge is 0.128 e. The van der Waals surface area contributed by atoms with E-state index in [4.69, 9.17) is 9.94 Å². The van der Waals surface area contributed by atoms with Crippen molar-refractivity contribution in [1.82, 2.24) is 0 Å². The van der Waals surface area contributed by atoms with Gasteiger partial charge in [-0.05, 0) is 24.6 Å². The highest BCUT2D eigenvalue weighted by Crippen LogP contribution is 2.22. The van der Waals surface area contributed by atoms with E-state index in [2.05, 4.69) is 28.0 Å². The van der Waals surface area contributed by atoms with Gasteiger partial charge >= 0.3 is 0 Å². The van der Waals surface area contributed by atoms with Crippen LogP contribution in [0.15, 0.2) is 27.8 Å². The van der Waals surface area contributed by atoms with Gasteiger partial charge in [0.05, 0.1) is 12.8 Å². The summed E-state index contributed by atoms with van der Waals surface area (Å²) in [5.41, 5.74) is 0.772. The molecule has 0 atom stereocenters. The van der Waals surface area contributed by atoms with Crippen LogP contribution < -0.4 is 4.74 Å². The summed E-state index contributed by atoms with van der Waals surface area (Å²) in [4.78, 5) is 0. The maximum Gasteiger partial charge on any atom is 0.128 e. The molecule has 0 aliphatic carbocycles. The highest BCUT2D eigenvalue weighted by molar-refractivity contribution is 9.10. The number of hydrogen-bond donors (Lipinski definition) is 1. The van der Waals surface area contributed by atoms with E-state index in [1.807, 2.05) is 18.2 Å². The van der Waals surface area contributed by atoms with Gasteiger partial charge in [-0.3, -0.25) is 0 Å². The first-order valence-electron chi connectivity index (χ1n) is 5.37. The first-order valence-corrected chi connectivity index (χ1v) is 6.17. The third kappa shape index (κ3) is 4.23. The molecular formula is C12H16BrNO2. The number of hydrogen-bond acceptors (Lipinski definition) is 3. The lowest BCUT2D eigenvalue weighted by atomic mass is 10.2. The Bertz CT molecular complexity index is 353. The highest BCUT2D eigenvalue weighted by atomic mass is 79.9. The molecule has 1 N–H and O–H groups in total. The molecule has 88 valence electrons. The van der Waals surface area contributed by atoms with E-state index in [0.29, 0.717) is 6.61 Å². The summed E-state index contributed by atoms with van der Waals surface area (Å²) in [6, 6.07) is 5.63. The summed E-state index contributed by atoms with van der Waals surface area (Å²) >= 11 is 3.36. The van der Waals surface area contributed by atoms with Gasteiger partial charge in [-0.15, -0.1) is 0 Å². The van der Waals surface area contributed by atoms with Crippen molar-refractivity contribution in [2.24, 2.45) is 5.16 Å². The molecular weight excluding hydrogens is 270 g/mol. The van der Waals surface area contributed by atoms with Crippen molar-refractivity contribution >= 4 is 22.1 Å². The number of oxime groups is 1. The lowest BCUT2D eigenvalue weighted by molar-refractivity contribution is 0.304. The van der Waals surface area contributed by atoms with Crippen molar-refractivity contribution in [1.29, 1.82) is 0 Å². The minimum atomic E-state index is 0.696. The van der Waals surface area contributed by atoms with Gasteiger partial charge in [-0.25, -0.2) is 0 Å². The fourth-order valence-electron chi connectivity index (χ4n) is 1.35. The van der Waals surface area contributed by atoms with Gasteiger partial charge in [0.2, 0.25) is 0 Å². The van der Waals surface area contributed by atoms with E-state index in [9.17, 15) is 0 Å². The lowest BCUT2D eigenvalue weighted by Crippen LogP contribution is -2.00. The van der Waals surface area contributed by atoms with Crippen LogP contribution in [0, 0.1) is 0 Å². The summed E-state index contributed by atoms with van der Waals surface area (Å²) in [6.07, 6.45) is 4.76. The number of nitrogens with zero attached hydrogens (tertiary/aromatic N) is 1. The zero-order valence-corrected chi connectivity index (χ0v) is 10.9. The van der Waals surface area contributed by atoms with Crippen molar-refractivity contribution in [2.45, 2.75) is 26.2 Å². The van der Waals surface area contributed by atoms with Crippen LogP contribution in [0.1, 0.15) is 31.7 Å². The monoisotopic (exact) mass is 285 g/mol. The van der Waals surface area contributed by atoms with Gasteiger partial charge < -0.3 is 9.94 Å². The maximum absolute atomic E-state index is 8.54. The van der Waals surface area contributed by atoms with E-state index in [1.165, 1.54) is 19.1 Å². The van der Waals surface area contributed by atoms with Gasteiger partial charge in [0.15, 0.2) is 0 Å². The normalized spacial score (nSPS) is 10.9. The average Bonchev–Trinajstić information content (AvgIpc) is 2.27. The summed E-state index contributed by atoms with van der Waals surface area (Å²) in [7, 11) is 0. The standard InChI is InChI=1S/C12H16BrNO2/c1-2-3-4-7-16-12-6-5-11(13)8-10(12)9-14-15/h5-6,8-9,15H,2-4,7H2,1H3/b14-9+. The predicted octanol–water partition coefficient (Wildman–Crippen LogP) is 3.83. The van der Waals surface area contributed by atoms with Crippen LogP contribution in [0.3, 0.4) is 0 Å². The Balaban J connectivity index is 2.63. The minimum Gasteiger partial charge on any atom is -0.493 e. The van der Waals surface area contributed by atoms with Crippen LogP contribution in [0.25, 0.3) is 0 Å². The van der Waals surface area contributed by atoms with E-state index in [1.54, 1.807) is 0 Å². The molecule has 0 aliphatic heterocycles. The Morgan fingerprint density at radius 3 is 2.94 bits per heavy atom. The number of rotatable bonds is 6. The SMILES string of the molecule is CCCCCOc1ccc(Br)cc1/C=N/O. The Morgan fingerprint density at radius 2 is 2.25 bits per heavy atom. The van der Waals surface area contributed by atoms with E-state index in [0.717, 1.165) is 22.2 Å². The van der Waals surface area contributed by atoms with Gasteiger partial charge in [0, 0.05) is 10.0 Å². The molecule has 0 aliphatic rings. The Labute approximate surface area is 104 Å². The Hall–Kier alpha value is -1.03. The zero-order chi connectivity index (χ0) is 11.8. The molecule has 0 fully saturated rings. The van der Waals surface area contributed by atoms with Crippen molar-refractivity contribution in [3.8, 4) is 5.75 Å². The van der Waals surface area contributed by atoms with Crippen molar-refractivity contribution in [3.63, 3.8) is 0 Å². The number of halogens is 1. The Kier molecular flexibility index (Phi) is 5.93. The van der Waals surface area contributed by atoms with Crippen molar-refractivity contribution in [3.05, 3.63) is 28.2 Å². The molecule has 0 radical (unpaired) electrons. The molecule has 0 aromatic heterocycles. The van der Waals surface area contributed by atoms with Crippen LogP contribution in [-0.2, 0) is 0 Å². The van der Waals surface area contributed by atoms with E-state index in [-0.39, 0.29) is 0 Å². The molecule has 4 heteroatoms. The highest BCUT2D eigenvalue weighted by Gasteiger charge is 2.02. The number of unbranched alkanes of at least 4 members (excludes halogenated alkanes) is 2. The van der Waals surface area contributed by atoms with Crippen LogP contribution in [0.5, 0.6) is 5.75 Å². The molecule has 16 heavy (non-hydrogen) atoms. The van der Waals surface area contributed by atoms with Crippen LogP contribution in [0.2, 0.25) is 0 Å². The zero-order valence-electron chi connectivity index (χ0n) is 9.32. The van der Waals surface area contributed by atoms with Gasteiger partial charge in [0.1, 0.15) is 5.75 Å². The second-order valence-electron chi connectivity index (χ2n) is 3.48. The van der Waals surface area contributed by atoms with Gasteiger partial charge in [-0.2, -0.15) is 0 Å². The first kappa shape index (κ1) is 13.0. The van der Waals surface area contributed by atoms with E-state index >= 15 is 0 Å². The van der Waals surface area contributed by atoms with E-state index < -0.39 is 0 Å². The lowest BCUT2D eigenvalue weighted by Gasteiger charge is -2.08. The number of ether oxygens (including phenoxy) is 1. The molecule has 0 saturated heterocycles. The summed E-state index contributed by atoms with van der Waals surface area (Å²) < 4.78 is 6.56. The molecule has 0 heterocycles. The molecule has 1 aromatic carbocycles. The summed E-state index contributed by atoms with van der Waals surface area (Å²) in [6.45, 7) is 2.85. The predicted molar refractivity (Wildman–Crippen MR) is 68.5 cm³/mol. The maximum atomic E-state index is 8.54. The molecule has 1 aromatic rings. The second-order valence-corrected chi connectivity index (χ2v) is 4.40. The quantitative estimate of drug-likeness (QED) is 0.374. The molecule has 0 saturated carbocycles. The summed E-state index contributed by atoms with van der Waals surface area (Å²) in [5, 5.41) is 11.6. The molecule has 0 amide bonds. The third-order valence-corrected chi connectivity index (χ3v) is 2.67. The van der Waals surface area contributed by atoms with Crippen molar-refractivity contribution in [2.75, 3.05) is 6.61 Å². The molecule has 1 rings (SSSR count). The minimum absolute atomic E-state index is 0.696. The largest absolute Gasteiger partial charge is 0.493 e. The second kappa shape index (κ2) is 7.28. The fourth-order valence-corrected chi connectivity index (χ4v) is 1.73. The Morgan fingerprint density at radius 1 is 1.44 bits per heavy atom. The third-order valence-electron chi connectivity index (χ3n) is 2.17. The molecule has 3 nitrogen and oxygen atoms in total. The topological polar surface area (TPSA) is 41.8 Å². The first-order chi connectivity index (χ1) is 7.77. The molecule has 0 spiro atoms. The van der Waals surface area contributed by atoms with Crippen molar-refractivity contribution < 1.29 is 9.94 Å². The van der Waals surface area contributed by atoms with Gasteiger partial charge in [-0.1, -0.05) is 40.9 Å². The fraction of sp³-hybridized carbons (Fsp3) is 0.417. The van der Waals surface area contributed by atoms with Gasteiger partial charge in [0.25, 0.3) is 0 Å². The summed E-state index contributed by atoms with van der Waals surface area (Å²) in [5.74, 6) is 0.747. The van der Waals surface area contributed by atoms with Crippen LogP contribution in [-0.4, -0.2) is 18.0 Å².